The fraction of sp³-hybridized carbons (Fsp3) is 0.182. The quantitative estimate of drug-likeness (QED) is 0.553. The molecule has 2 aliphatic rings. The van der Waals surface area contributed by atoms with E-state index >= 15 is 0 Å². The maximum atomic E-state index is 12.9. The first-order valence-corrected chi connectivity index (χ1v) is 9.77. The van der Waals surface area contributed by atoms with Crippen molar-refractivity contribution in [2.75, 3.05) is 5.32 Å². The van der Waals surface area contributed by atoms with Gasteiger partial charge in [0.25, 0.3) is 0 Å². The van der Waals surface area contributed by atoms with Crippen LogP contribution in [-0.2, 0) is 4.79 Å². The molecule has 134 valence electrons. The molecule has 5 heteroatoms. The average molecular weight is 422 g/mol. The number of rotatable bonds is 1. The van der Waals surface area contributed by atoms with Crippen molar-refractivity contribution < 1.29 is 9.21 Å². The van der Waals surface area contributed by atoms with Crippen molar-refractivity contribution in [2.45, 2.75) is 25.2 Å². The van der Waals surface area contributed by atoms with Crippen LogP contribution in [0.15, 0.2) is 73.5 Å². The van der Waals surface area contributed by atoms with Crippen molar-refractivity contribution in [3.05, 3.63) is 85.8 Å². The first-order valence-electron chi connectivity index (χ1n) is 8.98. The van der Waals surface area contributed by atoms with Gasteiger partial charge in [-0.1, -0.05) is 46.3 Å². The number of Topliss-reactive ketones (excluding diaryl/α,β-unsaturated/α-hetero) is 1. The van der Waals surface area contributed by atoms with Crippen molar-refractivity contribution in [1.29, 1.82) is 0 Å². The summed E-state index contributed by atoms with van der Waals surface area (Å²) in [7, 11) is 0. The third kappa shape index (κ3) is 2.57. The molecular formula is C22H16BrNO3. The van der Waals surface area contributed by atoms with E-state index in [1.54, 1.807) is 6.07 Å². The molecule has 0 bridgehead atoms. The number of hydrogen-bond acceptors (Lipinski definition) is 4. The van der Waals surface area contributed by atoms with Gasteiger partial charge in [0.2, 0.25) is 0 Å². The Morgan fingerprint density at radius 3 is 2.59 bits per heavy atom. The Labute approximate surface area is 164 Å². The molecule has 2 heterocycles. The Hall–Kier alpha value is -2.66. The van der Waals surface area contributed by atoms with Crippen LogP contribution >= 0.6 is 15.9 Å². The van der Waals surface area contributed by atoms with Gasteiger partial charge in [-0.15, -0.1) is 0 Å². The lowest BCUT2D eigenvalue weighted by atomic mass is 9.75. The van der Waals surface area contributed by atoms with Crippen LogP contribution in [0, 0.1) is 0 Å². The molecule has 0 saturated heterocycles. The van der Waals surface area contributed by atoms with Crippen molar-refractivity contribution in [3.8, 4) is 0 Å². The Balaban J connectivity index is 1.88. The van der Waals surface area contributed by atoms with E-state index in [1.165, 1.54) is 0 Å². The number of anilines is 1. The highest BCUT2D eigenvalue weighted by Gasteiger charge is 2.37. The average Bonchev–Trinajstić information content (AvgIpc) is 2.68. The zero-order chi connectivity index (χ0) is 18.5. The molecule has 0 amide bonds. The van der Waals surface area contributed by atoms with Crippen molar-refractivity contribution in [1.82, 2.24) is 0 Å². The van der Waals surface area contributed by atoms with Gasteiger partial charge < -0.3 is 9.73 Å². The molecule has 1 aromatic heterocycles. The van der Waals surface area contributed by atoms with Crippen LogP contribution in [0.3, 0.4) is 0 Å². The first kappa shape index (κ1) is 16.5. The summed E-state index contributed by atoms with van der Waals surface area (Å²) < 4.78 is 6.51. The fourth-order valence-electron chi connectivity index (χ4n) is 4.20. The summed E-state index contributed by atoms with van der Waals surface area (Å²) in [6.45, 7) is 0. The van der Waals surface area contributed by atoms with E-state index in [-0.39, 0.29) is 11.7 Å². The number of benzene rings is 2. The highest BCUT2D eigenvalue weighted by Crippen LogP contribution is 2.46. The first-order chi connectivity index (χ1) is 13.1. The van der Waals surface area contributed by atoms with Crippen LogP contribution in [0.1, 0.15) is 36.3 Å². The zero-order valence-corrected chi connectivity index (χ0v) is 16.0. The maximum Gasteiger partial charge on any atom is 0.360 e. The smallest absolute Gasteiger partial charge is 0.360 e. The SMILES string of the molecule is O=C1CCCC2=C1C(c1ccc(Br)cc1)c1c(c(=O)oc3ccccc13)N2. The van der Waals surface area contributed by atoms with Crippen molar-refractivity contribution in [3.63, 3.8) is 0 Å². The summed E-state index contributed by atoms with van der Waals surface area (Å²) in [5.74, 6) is -0.120. The van der Waals surface area contributed by atoms with Gasteiger partial charge in [0.1, 0.15) is 11.3 Å². The Bertz CT molecular complexity index is 1170. The summed E-state index contributed by atoms with van der Waals surface area (Å²) in [6, 6.07) is 15.5. The molecular weight excluding hydrogens is 406 g/mol. The monoisotopic (exact) mass is 421 g/mol. The molecule has 3 aromatic rings. The van der Waals surface area contributed by atoms with Crippen molar-refractivity contribution >= 4 is 38.4 Å². The van der Waals surface area contributed by atoms with Gasteiger partial charge in [-0.3, -0.25) is 4.79 Å². The van der Waals surface area contributed by atoms with Gasteiger partial charge >= 0.3 is 5.63 Å². The number of carbonyl (C=O) groups is 1. The second-order valence-electron chi connectivity index (χ2n) is 6.95. The van der Waals surface area contributed by atoms with Gasteiger partial charge in [-0.2, -0.15) is 0 Å². The predicted octanol–water partition coefficient (Wildman–Crippen LogP) is 5.12. The number of hydrogen-bond donors (Lipinski definition) is 1. The molecule has 1 aliphatic heterocycles. The van der Waals surface area contributed by atoms with E-state index in [4.69, 9.17) is 4.42 Å². The van der Waals surface area contributed by atoms with Gasteiger partial charge in [0, 0.05) is 39.0 Å². The molecule has 27 heavy (non-hydrogen) atoms. The summed E-state index contributed by atoms with van der Waals surface area (Å²) >= 11 is 3.48. The minimum Gasteiger partial charge on any atom is -0.421 e. The molecule has 0 fully saturated rings. The van der Waals surface area contributed by atoms with E-state index in [2.05, 4.69) is 21.2 Å². The molecule has 1 atom stereocenters. The van der Waals surface area contributed by atoms with Gasteiger partial charge in [0.15, 0.2) is 5.78 Å². The summed E-state index contributed by atoms with van der Waals surface area (Å²) in [5, 5.41) is 4.10. The molecule has 1 unspecified atom stereocenters. The molecule has 0 saturated carbocycles. The molecule has 0 spiro atoms. The standard InChI is InChI=1S/C22H16BrNO3/c23-13-10-8-12(9-11-13)18-19-14-4-1-2-7-17(14)27-22(26)21(19)24-15-5-3-6-16(25)20(15)18/h1-2,4,7-11,18,24H,3,5-6H2. The van der Waals surface area contributed by atoms with Crippen LogP contribution in [-0.4, -0.2) is 5.78 Å². The summed E-state index contributed by atoms with van der Waals surface area (Å²) in [4.78, 5) is 25.6. The van der Waals surface area contributed by atoms with E-state index in [1.807, 2.05) is 42.5 Å². The van der Waals surface area contributed by atoms with E-state index in [9.17, 15) is 9.59 Å². The normalized spacial score (nSPS) is 18.9. The van der Waals surface area contributed by atoms with Crippen LogP contribution < -0.4 is 10.9 Å². The number of allylic oxidation sites excluding steroid dienone is 2. The van der Waals surface area contributed by atoms with E-state index in [0.29, 0.717) is 17.7 Å². The Kier molecular flexibility index (Phi) is 3.79. The third-order valence-electron chi connectivity index (χ3n) is 5.37. The maximum absolute atomic E-state index is 12.9. The largest absolute Gasteiger partial charge is 0.421 e. The zero-order valence-electron chi connectivity index (χ0n) is 14.4. The minimum absolute atomic E-state index is 0.152. The van der Waals surface area contributed by atoms with Crippen LogP contribution in [0.5, 0.6) is 0 Å². The topological polar surface area (TPSA) is 59.3 Å². The second-order valence-corrected chi connectivity index (χ2v) is 7.87. The molecule has 1 aliphatic carbocycles. The fourth-order valence-corrected chi connectivity index (χ4v) is 4.47. The van der Waals surface area contributed by atoms with E-state index < -0.39 is 5.63 Å². The van der Waals surface area contributed by atoms with Gasteiger partial charge in [-0.25, -0.2) is 4.79 Å². The molecule has 2 aromatic carbocycles. The van der Waals surface area contributed by atoms with Crippen LogP contribution in [0.25, 0.3) is 11.0 Å². The number of carbonyl (C=O) groups excluding carboxylic acids is 1. The second kappa shape index (κ2) is 6.20. The highest BCUT2D eigenvalue weighted by atomic mass is 79.9. The van der Waals surface area contributed by atoms with Crippen LogP contribution in [0.4, 0.5) is 5.69 Å². The van der Waals surface area contributed by atoms with Crippen LogP contribution in [0.2, 0.25) is 0 Å². The molecule has 5 rings (SSSR count). The predicted molar refractivity (Wildman–Crippen MR) is 108 cm³/mol. The highest BCUT2D eigenvalue weighted by molar-refractivity contribution is 9.10. The Morgan fingerprint density at radius 2 is 1.78 bits per heavy atom. The lowest BCUT2D eigenvalue weighted by molar-refractivity contribution is -0.116. The number of nitrogens with one attached hydrogen (secondary N) is 1. The third-order valence-corrected chi connectivity index (χ3v) is 5.89. The lowest BCUT2D eigenvalue weighted by Gasteiger charge is -2.34. The van der Waals surface area contributed by atoms with Crippen molar-refractivity contribution in [2.24, 2.45) is 0 Å². The summed E-state index contributed by atoms with van der Waals surface area (Å²) in [6.07, 6.45) is 2.11. The minimum atomic E-state index is -0.393. The summed E-state index contributed by atoms with van der Waals surface area (Å²) in [5.41, 5.74) is 4.07. The number of halogens is 1. The number of fused-ring (bicyclic) bond motifs is 3. The number of ketones is 1. The Morgan fingerprint density at radius 1 is 1.00 bits per heavy atom. The number of para-hydroxylation sites is 1. The lowest BCUT2D eigenvalue weighted by Crippen LogP contribution is -2.30. The van der Waals surface area contributed by atoms with Gasteiger partial charge in [-0.05, 0) is 36.6 Å². The molecule has 1 N–H and O–H groups in total. The van der Waals surface area contributed by atoms with Gasteiger partial charge in [0.05, 0.1) is 0 Å². The molecule has 4 nitrogen and oxygen atoms in total. The van der Waals surface area contributed by atoms with E-state index in [0.717, 1.165) is 45.1 Å². The molecule has 0 radical (unpaired) electrons.